The Bertz CT molecular complexity index is 1170. The molecule has 1 saturated carbocycles. The van der Waals surface area contributed by atoms with Crippen LogP contribution in [0.25, 0.3) is 0 Å². The molecule has 0 bridgehead atoms. The van der Waals surface area contributed by atoms with E-state index in [0.29, 0.717) is 23.7 Å². The molecule has 5 nitrogen and oxygen atoms in total. The molecule has 1 aromatic heterocycles. The fraction of sp³-hybridized carbons (Fsp3) is 0.346. The van der Waals surface area contributed by atoms with Gasteiger partial charge in [-0.2, -0.15) is 0 Å². The Kier molecular flexibility index (Phi) is 6.61. The van der Waals surface area contributed by atoms with Crippen molar-refractivity contribution in [2.24, 2.45) is 0 Å². The number of halogens is 1. The normalized spacial score (nSPS) is 14.8. The first kappa shape index (κ1) is 23.1. The molecule has 1 heterocycles. The van der Waals surface area contributed by atoms with Crippen LogP contribution in [0.1, 0.15) is 55.0 Å². The monoisotopic (exact) mass is 466 g/mol. The van der Waals surface area contributed by atoms with Crippen LogP contribution in [0, 0.1) is 19.7 Å². The number of aromatic nitrogens is 1. The predicted octanol–water partition coefficient (Wildman–Crippen LogP) is 6.14. The Morgan fingerprint density at radius 1 is 1.12 bits per heavy atom. The smallest absolute Gasteiger partial charge is 0.316 e. The van der Waals surface area contributed by atoms with Crippen LogP contribution in [-0.2, 0) is 26.3 Å². The molecular weight excluding hydrogens is 439 g/mol. The number of ether oxygens (including phenoxy) is 1. The molecule has 0 spiro atoms. The maximum atomic E-state index is 13.4. The summed E-state index contributed by atoms with van der Waals surface area (Å²) in [5.41, 5.74) is 3.53. The van der Waals surface area contributed by atoms with Gasteiger partial charge in [-0.15, -0.1) is 11.3 Å². The number of hydrogen-bond acceptors (Lipinski definition) is 5. The SMILES string of the molecule is CC(=O)N(c1nc(COC(=O)C2(c3ccc(F)cc3)CCCC2)cs1)c1ccc(C)cc1C. The quantitative estimate of drug-likeness (QED) is 0.410. The Balaban J connectivity index is 1.51. The van der Waals surface area contributed by atoms with Gasteiger partial charge in [-0.1, -0.05) is 42.7 Å². The Morgan fingerprint density at radius 3 is 2.45 bits per heavy atom. The number of esters is 1. The van der Waals surface area contributed by atoms with E-state index >= 15 is 0 Å². The van der Waals surface area contributed by atoms with Crippen molar-refractivity contribution in [1.29, 1.82) is 0 Å². The van der Waals surface area contributed by atoms with Gasteiger partial charge in [-0.3, -0.25) is 14.5 Å². The van der Waals surface area contributed by atoms with Gasteiger partial charge in [0.25, 0.3) is 0 Å². The van der Waals surface area contributed by atoms with Gasteiger partial charge in [0, 0.05) is 12.3 Å². The van der Waals surface area contributed by atoms with Gasteiger partial charge in [0.05, 0.1) is 16.8 Å². The number of carbonyl (C=O) groups excluding carboxylic acids is 2. The summed E-state index contributed by atoms with van der Waals surface area (Å²) in [6.07, 6.45) is 3.22. The van der Waals surface area contributed by atoms with E-state index in [1.807, 2.05) is 32.0 Å². The van der Waals surface area contributed by atoms with Crippen molar-refractivity contribution >= 4 is 34.0 Å². The molecular formula is C26H27FN2O3S. The predicted molar refractivity (Wildman–Crippen MR) is 127 cm³/mol. The van der Waals surface area contributed by atoms with Crippen LogP contribution in [0.4, 0.5) is 15.2 Å². The highest BCUT2D eigenvalue weighted by Crippen LogP contribution is 2.42. The second-order valence-electron chi connectivity index (χ2n) is 8.64. The van der Waals surface area contributed by atoms with Crippen molar-refractivity contribution in [3.8, 4) is 0 Å². The highest BCUT2D eigenvalue weighted by molar-refractivity contribution is 7.14. The van der Waals surface area contributed by atoms with Gasteiger partial charge >= 0.3 is 5.97 Å². The zero-order valence-electron chi connectivity index (χ0n) is 19.1. The van der Waals surface area contributed by atoms with Crippen LogP contribution in [0.15, 0.2) is 47.8 Å². The van der Waals surface area contributed by atoms with E-state index in [-0.39, 0.29) is 24.3 Å². The molecule has 4 rings (SSSR count). The van der Waals surface area contributed by atoms with E-state index in [9.17, 15) is 14.0 Å². The molecule has 1 fully saturated rings. The Labute approximate surface area is 197 Å². The lowest BCUT2D eigenvalue weighted by Crippen LogP contribution is -2.34. The van der Waals surface area contributed by atoms with Gasteiger partial charge in [-0.05, 0) is 56.0 Å². The van der Waals surface area contributed by atoms with Gasteiger partial charge in [0.15, 0.2) is 5.13 Å². The number of thiazole rings is 1. The van der Waals surface area contributed by atoms with E-state index in [0.717, 1.165) is 35.2 Å². The first-order valence-electron chi connectivity index (χ1n) is 11.1. The molecule has 0 radical (unpaired) electrons. The molecule has 0 aliphatic heterocycles. The van der Waals surface area contributed by atoms with Crippen molar-refractivity contribution in [3.63, 3.8) is 0 Å². The van der Waals surface area contributed by atoms with Crippen molar-refractivity contribution in [2.75, 3.05) is 4.90 Å². The second kappa shape index (κ2) is 9.43. The average Bonchev–Trinajstić information content (AvgIpc) is 3.45. The van der Waals surface area contributed by atoms with E-state index < -0.39 is 5.41 Å². The number of nitrogens with zero attached hydrogens (tertiary/aromatic N) is 2. The Hall–Kier alpha value is -3.06. The van der Waals surface area contributed by atoms with Crippen LogP contribution >= 0.6 is 11.3 Å². The van der Waals surface area contributed by atoms with Gasteiger partial charge in [0.2, 0.25) is 5.91 Å². The summed E-state index contributed by atoms with van der Waals surface area (Å²) in [5, 5.41) is 2.34. The van der Waals surface area contributed by atoms with E-state index in [4.69, 9.17) is 4.74 Å². The molecule has 0 atom stereocenters. The molecule has 33 heavy (non-hydrogen) atoms. The summed E-state index contributed by atoms with van der Waals surface area (Å²) in [7, 11) is 0. The standard InChI is InChI=1S/C26H27FN2O3S/c1-17-6-11-23(18(2)14-17)29(19(3)30)25-28-22(16-33-25)15-32-24(31)26(12-4-5-13-26)20-7-9-21(27)10-8-20/h6-11,14,16H,4-5,12-13,15H2,1-3H3. The van der Waals surface area contributed by atoms with Crippen LogP contribution in [0.3, 0.4) is 0 Å². The summed E-state index contributed by atoms with van der Waals surface area (Å²) >= 11 is 1.34. The minimum Gasteiger partial charge on any atom is -0.458 e. The molecule has 0 N–H and O–H groups in total. The van der Waals surface area contributed by atoms with Crippen LogP contribution in [0.2, 0.25) is 0 Å². The number of anilines is 2. The van der Waals surface area contributed by atoms with Gasteiger partial charge < -0.3 is 4.74 Å². The maximum absolute atomic E-state index is 13.4. The molecule has 0 saturated heterocycles. The van der Waals surface area contributed by atoms with Crippen LogP contribution < -0.4 is 4.90 Å². The number of amides is 1. The number of carbonyl (C=O) groups is 2. The largest absolute Gasteiger partial charge is 0.458 e. The highest BCUT2D eigenvalue weighted by Gasteiger charge is 2.44. The van der Waals surface area contributed by atoms with E-state index in [1.165, 1.54) is 30.4 Å². The third-order valence-electron chi connectivity index (χ3n) is 6.23. The fourth-order valence-corrected chi connectivity index (χ4v) is 5.43. The van der Waals surface area contributed by atoms with E-state index in [2.05, 4.69) is 4.98 Å². The molecule has 1 aliphatic carbocycles. The van der Waals surface area contributed by atoms with Crippen LogP contribution in [0.5, 0.6) is 0 Å². The first-order valence-corrected chi connectivity index (χ1v) is 11.9. The molecule has 3 aromatic rings. The summed E-state index contributed by atoms with van der Waals surface area (Å²) in [6.45, 7) is 5.50. The summed E-state index contributed by atoms with van der Waals surface area (Å²) in [5.74, 6) is -0.769. The molecule has 1 aliphatic rings. The number of hydrogen-bond donors (Lipinski definition) is 0. The molecule has 0 unspecified atom stereocenters. The summed E-state index contributed by atoms with van der Waals surface area (Å²) in [4.78, 5) is 31.8. The van der Waals surface area contributed by atoms with Crippen molar-refractivity contribution in [3.05, 3.63) is 76.0 Å². The molecule has 1 amide bonds. The molecule has 7 heteroatoms. The first-order chi connectivity index (χ1) is 15.8. The lowest BCUT2D eigenvalue weighted by atomic mass is 9.79. The zero-order valence-corrected chi connectivity index (χ0v) is 19.9. The minimum atomic E-state index is -0.739. The fourth-order valence-electron chi connectivity index (χ4n) is 4.56. The number of benzene rings is 2. The summed E-state index contributed by atoms with van der Waals surface area (Å²) in [6, 6.07) is 12.0. The number of aryl methyl sites for hydroxylation is 2. The van der Waals surface area contributed by atoms with Crippen molar-refractivity contribution in [2.45, 2.75) is 58.5 Å². The summed E-state index contributed by atoms with van der Waals surface area (Å²) < 4.78 is 19.1. The van der Waals surface area contributed by atoms with Crippen LogP contribution in [-0.4, -0.2) is 16.9 Å². The lowest BCUT2D eigenvalue weighted by Gasteiger charge is -2.27. The van der Waals surface area contributed by atoms with Crippen molar-refractivity contribution in [1.82, 2.24) is 4.98 Å². The van der Waals surface area contributed by atoms with E-state index in [1.54, 1.807) is 22.4 Å². The van der Waals surface area contributed by atoms with Gasteiger partial charge in [-0.25, -0.2) is 9.37 Å². The van der Waals surface area contributed by atoms with Gasteiger partial charge in [0.1, 0.15) is 12.4 Å². The Morgan fingerprint density at radius 2 is 1.82 bits per heavy atom. The van der Waals surface area contributed by atoms with Crippen molar-refractivity contribution < 1.29 is 18.7 Å². The number of rotatable bonds is 6. The topological polar surface area (TPSA) is 59.5 Å². The lowest BCUT2D eigenvalue weighted by molar-refractivity contribution is -0.152. The average molecular weight is 467 g/mol. The highest BCUT2D eigenvalue weighted by atomic mass is 32.1. The minimum absolute atomic E-state index is 0.0247. The second-order valence-corrected chi connectivity index (χ2v) is 9.47. The molecule has 172 valence electrons. The molecule has 2 aromatic carbocycles. The third-order valence-corrected chi connectivity index (χ3v) is 7.11. The third kappa shape index (κ3) is 4.69. The zero-order chi connectivity index (χ0) is 23.6. The maximum Gasteiger partial charge on any atom is 0.316 e.